The van der Waals surface area contributed by atoms with Gasteiger partial charge in [-0.25, -0.2) is 0 Å². The fourth-order valence-electron chi connectivity index (χ4n) is 3.29. The highest BCUT2D eigenvalue weighted by Gasteiger charge is 2.04. The van der Waals surface area contributed by atoms with Gasteiger partial charge in [0.1, 0.15) is 34.5 Å². The number of rotatable bonds is 8. The number of hydrogen-bond acceptors (Lipinski definition) is 4. The second-order valence-corrected chi connectivity index (χ2v) is 7.65. The Bertz CT molecular complexity index is 1170. The van der Waals surface area contributed by atoms with Crippen molar-refractivity contribution in [1.29, 1.82) is 0 Å². The lowest BCUT2D eigenvalue weighted by Crippen LogP contribution is -1.88. The van der Waals surface area contributed by atoms with Gasteiger partial charge in [0, 0.05) is 5.56 Å². The van der Waals surface area contributed by atoms with Gasteiger partial charge in [0.2, 0.25) is 0 Å². The molecule has 4 nitrogen and oxygen atoms in total. The summed E-state index contributed by atoms with van der Waals surface area (Å²) in [5, 5.41) is 19.3. The van der Waals surface area contributed by atoms with Crippen molar-refractivity contribution < 1.29 is 19.7 Å². The molecule has 0 aliphatic heterocycles. The fraction of sp³-hybridized carbons (Fsp3) is 0.133. The molecule has 0 spiro atoms. The summed E-state index contributed by atoms with van der Waals surface area (Å²) in [6.45, 7) is 5.75. The molecule has 0 heterocycles. The predicted molar refractivity (Wildman–Crippen MR) is 137 cm³/mol. The lowest BCUT2D eigenvalue weighted by atomic mass is 10.1. The maximum Gasteiger partial charge on any atom is 0.127 e. The highest BCUT2D eigenvalue weighted by Crippen LogP contribution is 2.28. The van der Waals surface area contributed by atoms with Gasteiger partial charge in [-0.3, -0.25) is 0 Å². The molecule has 0 amide bonds. The number of para-hydroxylation sites is 2. The van der Waals surface area contributed by atoms with Crippen LogP contribution in [0.3, 0.4) is 0 Å². The van der Waals surface area contributed by atoms with Crippen molar-refractivity contribution in [3.05, 3.63) is 121 Å². The van der Waals surface area contributed by atoms with Crippen molar-refractivity contribution in [2.45, 2.75) is 26.2 Å². The highest BCUT2D eigenvalue weighted by molar-refractivity contribution is 5.43. The monoisotopic (exact) mass is 454 g/mol. The predicted octanol–water partition coefficient (Wildman–Crippen LogP) is 8.05. The van der Waals surface area contributed by atoms with Crippen LogP contribution in [-0.2, 0) is 12.8 Å². The topological polar surface area (TPSA) is 58.9 Å². The van der Waals surface area contributed by atoms with Gasteiger partial charge in [-0.2, -0.15) is 0 Å². The van der Waals surface area contributed by atoms with Crippen LogP contribution in [0.25, 0.3) is 0 Å². The zero-order chi connectivity index (χ0) is 24.2. The van der Waals surface area contributed by atoms with Gasteiger partial charge in [-0.15, -0.1) is 6.58 Å². The lowest BCUT2D eigenvalue weighted by molar-refractivity contribution is 0.457. The molecule has 0 bridgehead atoms. The largest absolute Gasteiger partial charge is 0.508 e. The third kappa shape index (κ3) is 7.45. The number of aromatic hydroxyl groups is 2. The van der Waals surface area contributed by atoms with Gasteiger partial charge in [0.15, 0.2) is 0 Å². The zero-order valence-corrected chi connectivity index (χ0v) is 19.4. The molecule has 4 aromatic rings. The number of hydrogen-bond donors (Lipinski definition) is 2. The first-order valence-electron chi connectivity index (χ1n) is 11.3. The summed E-state index contributed by atoms with van der Waals surface area (Å²) >= 11 is 0. The van der Waals surface area contributed by atoms with Crippen molar-refractivity contribution >= 4 is 0 Å². The molecule has 0 aliphatic rings. The molecule has 0 atom stereocenters. The van der Waals surface area contributed by atoms with Crippen molar-refractivity contribution in [1.82, 2.24) is 0 Å². The Morgan fingerprint density at radius 2 is 1.12 bits per heavy atom. The van der Waals surface area contributed by atoms with Crippen LogP contribution >= 0.6 is 0 Å². The Morgan fingerprint density at radius 3 is 1.59 bits per heavy atom. The summed E-state index contributed by atoms with van der Waals surface area (Å²) in [5.74, 6) is 3.67. The normalized spacial score (nSPS) is 10.0. The number of ether oxygens (including phenoxy) is 2. The number of phenols is 2. The van der Waals surface area contributed by atoms with Crippen LogP contribution in [0.1, 0.15) is 24.5 Å². The highest BCUT2D eigenvalue weighted by atomic mass is 16.5. The molecule has 0 unspecified atom stereocenters. The first kappa shape index (κ1) is 24.5. The summed E-state index contributed by atoms with van der Waals surface area (Å²) in [6.07, 6.45) is 4.24. The van der Waals surface area contributed by atoms with Crippen molar-refractivity contribution in [2.24, 2.45) is 0 Å². The third-order valence-electron chi connectivity index (χ3n) is 4.94. The van der Waals surface area contributed by atoms with Gasteiger partial charge in [-0.05, 0) is 79.1 Å². The number of phenolic OH excluding ortho intramolecular Hbond substituents is 2. The average Bonchev–Trinajstić information content (AvgIpc) is 2.85. The Morgan fingerprint density at radius 1 is 0.647 bits per heavy atom. The molecule has 4 heteroatoms. The van der Waals surface area contributed by atoms with E-state index in [1.54, 1.807) is 30.3 Å². The molecule has 0 fully saturated rings. The van der Waals surface area contributed by atoms with Gasteiger partial charge < -0.3 is 19.7 Å². The summed E-state index contributed by atoms with van der Waals surface area (Å²) in [6, 6.07) is 29.7. The maximum absolute atomic E-state index is 9.68. The fourth-order valence-corrected chi connectivity index (χ4v) is 3.29. The summed E-state index contributed by atoms with van der Waals surface area (Å²) < 4.78 is 11.4. The maximum atomic E-state index is 9.68. The molecule has 34 heavy (non-hydrogen) atoms. The number of benzene rings is 4. The molecule has 0 aromatic heterocycles. The molecule has 4 aromatic carbocycles. The summed E-state index contributed by atoms with van der Waals surface area (Å²) in [7, 11) is 0. The molecular formula is C30H30O4. The lowest BCUT2D eigenvalue weighted by Gasteiger charge is -2.08. The molecular weight excluding hydrogens is 424 g/mol. The van der Waals surface area contributed by atoms with Gasteiger partial charge in [-0.1, -0.05) is 55.8 Å². The number of allylic oxidation sites excluding steroid dienone is 1. The van der Waals surface area contributed by atoms with Crippen LogP contribution in [0.2, 0.25) is 0 Å². The van der Waals surface area contributed by atoms with E-state index in [1.165, 1.54) is 0 Å². The second-order valence-electron chi connectivity index (χ2n) is 7.65. The Kier molecular flexibility index (Phi) is 9.18. The van der Waals surface area contributed by atoms with Gasteiger partial charge >= 0.3 is 0 Å². The van der Waals surface area contributed by atoms with E-state index in [2.05, 4.69) is 13.5 Å². The van der Waals surface area contributed by atoms with Crippen LogP contribution in [-0.4, -0.2) is 10.2 Å². The zero-order valence-electron chi connectivity index (χ0n) is 19.4. The Labute approximate surface area is 201 Å². The minimum atomic E-state index is 0.269. The molecule has 0 aliphatic carbocycles. The Hall–Kier alpha value is -4.18. The van der Waals surface area contributed by atoms with Gasteiger partial charge in [0.05, 0.1) is 0 Å². The molecule has 0 radical (unpaired) electrons. The van der Waals surface area contributed by atoms with E-state index >= 15 is 0 Å². The summed E-state index contributed by atoms with van der Waals surface area (Å²) in [4.78, 5) is 0. The number of aryl methyl sites for hydroxylation is 1. The SMILES string of the molecule is C=CCc1cc(Oc2ccccc2)ccc1O.CCCc1cc(Oc2ccccc2)ccc1O. The van der Waals surface area contributed by atoms with E-state index in [1.807, 2.05) is 72.8 Å². The molecule has 174 valence electrons. The van der Waals surface area contributed by atoms with Crippen LogP contribution in [0.4, 0.5) is 0 Å². The molecule has 2 N–H and O–H groups in total. The van der Waals surface area contributed by atoms with Crippen molar-refractivity contribution in [3.8, 4) is 34.5 Å². The first-order valence-corrected chi connectivity index (χ1v) is 11.3. The van der Waals surface area contributed by atoms with Crippen LogP contribution in [0.5, 0.6) is 34.5 Å². The molecule has 4 rings (SSSR count). The molecule has 0 saturated heterocycles. The second kappa shape index (κ2) is 12.8. The smallest absolute Gasteiger partial charge is 0.127 e. The standard InChI is InChI=1S/C15H16O2.C15H14O2/c2*1-2-6-12-11-14(9-10-15(12)16)17-13-7-4-3-5-8-13/h3-5,7-11,16H,2,6H2,1H3;2-5,7-11,16H,1,6H2. The Balaban J connectivity index is 0.000000191. The van der Waals surface area contributed by atoms with Crippen LogP contribution in [0, 0.1) is 0 Å². The van der Waals surface area contributed by atoms with E-state index in [-0.39, 0.29) is 5.75 Å². The van der Waals surface area contributed by atoms with E-state index in [9.17, 15) is 10.2 Å². The van der Waals surface area contributed by atoms with Crippen molar-refractivity contribution in [2.75, 3.05) is 0 Å². The van der Waals surface area contributed by atoms with Crippen molar-refractivity contribution in [3.63, 3.8) is 0 Å². The summed E-state index contributed by atoms with van der Waals surface area (Å²) in [5.41, 5.74) is 1.74. The van der Waals surface area contributed by atoms with E-state index in [0.29, 0.717) is 17.9 Å². The minimum absolute atomic E-state index is 0.269. The van der Waals surface area contributed by atoms with Crippen LogP contribution < -0.4 is 9.47 Å². The molecule has 0 saturated carbocycles. The van der Waals surface area contributed by atoms with E-state index in [0.717, 1.165) is 41.2 Å². The van der Waals surface area contributed by atoms with Crippen LogP contribution in [0.15, 0.2) is 110 Å². The van der Waals surface area contributed by atoms with Gasteiger partial charge in [0.25, 0.3) is 0 Å². The van der Waals surface area contributed by atoms with E-state index in [4.69, 9.17) is 9.47 Å². The third-order valence-corrected chi connectivity index (χ3v) is 4.94. The minimum Gasteiger partial charge on any atom is -0.508 e. The quantitative estimate of drug-likeness (QED) is 0.264. The van der Waals surface area contributed by atoms with E-state index < -0.39 is 0 Å². The average molecular weight is 455 g/mol. The first-order chi connectivity index (χ1) is 16.6.